The Labute approximate surface area is 158 Å². The molecule has 0 bridgehead atoms. The average Bonchev–Trinajstić information content (AvgIpc) is 3.34. The van der Waals surface area contributed by atoms with Gasteiger partial charge in [0.2, 0.25) is 0 Å². The van der Waals surface area contributed by atoms with Gasteiger partial charge in [-0.1, -0.05) is 11.2 Å². The van der Waals surface area contributed by atoms with E-state index < -0.39 is 0 Å². The molecular formula is C18H27N5O2S. The number of aliphatic imine (C=N–C) groups is 1. The molecule has 1 aliphatic heterocycles. The first kappa shape index (κ1) is 18.9. The second kappa shape index (κ2) is 9.70. The lowest BCUT2D eigenvalue weighted by atomic mass is 10.1. The van der Waals surface area contributed by atoms with Gasteiger partial charge in [-0.3, -0.25) is 4.90 Å². The molecule has 0 aromatic carbocycles. The highest BCUT2D eigenvalue weighted by Crippen LogP contribution is 2.26. The van der Waals surface area contributed by atoms with Crippen molar-refractivity contribution in [1.82, 2.24) is 20.7 Å². The van der Waals surface area contributed by atoms with Crippen molar-refractivity contribution in [2.75, 3.05) is 32.8 Å². The molecule has 3 rings (SSSR count). The predicted molar refractivity (Wildman–Crippen MR) is 103 cm³/mol. The molecule has 2 aromatic rings. The maximum atomic E-state index is 5.71. The number of morpholine rings is 1. The van der Waals surface area contributed by atoms with Gasteiger partial charge in [0.15, 0.2) is 5.96 Å². The third-order valence-corrected chi connectivity index (χ3v) is 5.26. The van der Waals surface area contributed by atoms with Crippen molar-refractivity contribution in [2.24, 2.45) is 4.99 Å². The molecule has 0 amide bonds. The maximum Gasteiger partial charge on any atom is 0.191 e. The third-order valence-electron chi connectivity index (χ3n) is 4.28. The van der Waals surface area contributed by atoms with Crippen LogP contribution in [0.5, 0.6) is 0 Å². The number of rotatable bonds is 7. The highest BCUT2D eigenvalue weighted by atomic mass is 32.1. The topological polar surface area (TPSA) is 74.9 Å². The van der Waals surface area contributed by atoms with Gasteiger partial charge in [0.25, 0.3) is 0 Å². The van der Waals surface area contributed by atoms with E-state index in [0.717, 1.165) is 44.4 Å². The van der Waals surface area contributed by atoms with Crippen LogP contribution in [0.3, 0.4) is 0 Å². The van der Waals surface area contributed by atoms with Gasteiger partial charge in [0, 0.05) is 37.1 Å². The summed E-state index contributed by atoms with van der Waals surface area (Å²) in [7, 11) is 0. The molecular weight excluding hydrogens is 350 g/mol. The normalized spacial score (nSPS) is 20.1. The van der Waals surface area contributed by atoms with Gasteiger partial charge in [0.05, 0.1) is 25.3 Å². The molecule has 0 saturated carbocycles. The number of aromatic nitrogens is 1. The number of hydrogen-bond donors (Lipinski definition) is 2. The third kappa shape index (κ3) is 5.30. The molecule has 3 heterocycles. The summed E-state index contributed by atoms with van der Waals surface area (Å²) in [4.78, 5) is 8.46. The maximum absolute atomic E-state index is 5.71. The Bertz CT molecular complexity index is 659. The summed E-state index contributed by atoms with van der Waals surface area (Å²) in [5, 5.41) is 12.8. The zero-order valence-electron chi connectivity index (χ0n) is 15.4. The lowest BCUT2D eigenvalue weighted by Crippen LogP contribution is -2.48. The fourth-order valence-corrected chi connectivity index (χ4v) is 3.89. The number of nitrogens with one attached hydrogen (secondary N) is 2. The molecule has 2 N–H and O–H groups in total. The Morgan fingerprint density at radius 2 is 2.38 bits per heavy atom. The Balaban J connectivity index is 1.65. The summed E-state index contributed by atoms with van der Waals surface area (Å²) >= 11 is 1.80. The van der Waals surface area contributed by atoms with Gasteiger partial charge in [-0.05, 0) is 25.3 Å². The van der Waals surface area contributed by atoms with E-state index in [4.69, 9.17) is 9.26 Å². The molecule has 1 fully saturated rings. The second-order valence-electron chi connectivity index (χ2n) is 6.27. The number of guanidine groups is 1. The van der Waals surface area contributed by atoms with Crippen molar-refractivity contribution in [3.8, 4) is 0 Å². The molecule has 1 aliphatic rings. The largest absolute Gasteiger partial charge is 0.376 e. The van der Waals surface area contributed by atoms with E-state index in [1.807, 2.05) is 6.07 Å². The molecule has 2 aromatic heterocycles. The van der Waals surface area contributed by atoms with Crippen LogP contribution in [0, 0.1) is 0 Å². The Morgan fingerprint density at radius 3 is 3.08 bits per heavy atom. The molecule has 2 unspecified atom stereocenters. The summed E-state index contributed by atoms with van der Waals surface area (Å²) in [5.74, 6) is 0.790. The molecule has 26 heavy (non-hydrogen) atoms. The monoisotopic (exact) mass is 377 g/mol. The smallest absolute Gasteiger partial charge is 0.191 e. The summed E-state index contributed by atoms with van der Waals surface area (Å²) in [6.07, 6.45) is 1.83. The predicted octanol–water partition coefficient (Wildman–Crippen LogP) is 2.25. The quantitative estimate of drug-likeness (QED) is 0.569. The second-order valence-corrected chi connectivity index (χ2v) is 7.25. The van der Waals surface area contributed by atoms with Crippen LogP contribution < -0.4 is 10.6 Å². The summed E-state index contributed by atoms with van der Waals surface area (Å²) < 4.78 is 10.6. The van der Waals surface area contributed by atoms with Crippen LogP contribution in [-0.4, -0.2) is 54.9 Å². The van der Waals surface area contributed by atoms with Crippen LogP contribution in [0.2, 0.25) is 0 Å². The van der Waals surface area contributed by atoms with E-state index in [1.54, 1.807) is 17.6 Å². The molecule has 0 aliphatic carbocycles. The van der Waals surface area contributed by atoms with Gasteiger partial charge in [-0.2, -0.15) is 0 Å². The van der Waals surface area contributed by atoms with E-state index >= 15 is 0 Å². The van der Waals surface area contributed by atoms with E-state index in [0.29, 0.717) is 12.6 Å². The number of nitrogens with zero attached hydrogens (tertiary/aromatic N) is 3. The van der Waals surface area contributed by atoms with Crippen LogP contribution in [-0.2, 0) is 11.3 Å². The van der Waals surface area contributed by atoms with Crippen molar-refractivity contribution in [3.63, 3.8) is 0 Å². The van der Waals surface area contributed by atoms with Gasteiger partial charge in [0.1, 0.15) is 12.0 Å². The van der Waals surface area contributed by atoms with Crippen LogP contribution in [0.4, 0.5) is 0 Å². The zero-order chi connectivity index (χ0) is 18.2. The Hall–Kier alpha value is -1.90. The Morgan fingerprint density at radius 1 is 1.46 bits per heavy atom. The van der Waals surface area contributed by atoms with Crippen LogP contribution >= 0.6 is 11.3 Å². The minimum Gasteiger partial charge on any atom is -0.376 e. The number of hydrogen-bond acceptors (Lipinski definition) is 6. The average molecular weight is 378 g/mol. The standard InChI is InChI=1S/C18H27N5O2S/c1-3-19-18(20-11-15-6-8-25-22-15)21-12-16(17-5-4-10-26-17)23-7-9-24-14(2)13-23/h4-6,8,10,14,16H,3,7,9,11-13H2,1-2H3,(H2,19,20,21). The minimum absolute atomic E-state index is 0.264. The van der Waals surface area contributed by atoms with Gasteiger partial charge >= 0.3 is 0 Å². The molecule has 2 atom stereocenters. The minimum atomic E-state index is 0.264. The molecule has 142 valence electrons. The van der Waals surface area contributed by atoms with Crippen LogP contribution in [0.1, 0.15) is 30.5 Å². The van der Waals surface area contributed by atoms with Crippen molar-refractivity contribution >= 4 is 17.3 Å². The van der Waals surface area contributed by atoms with E-state index in [1.165, 1.54) is 4.88 Å². The van der Waals surface area contributed by atoms with E-state index in [2.05, 4.69) is 57.0 Å². The van der Waals surface area contributed by atoms with Crippen molar-refractivity contribution in [3.05, 3.63) is 40.4 Å². The fraction of sp³-hybridized carbons (Fsp3) is 0.556. The van der Waals surface area contributed by atoms with E-state index in [9.17, 15) is 0 Å². The number of thiophene rings is 1. The summed E-state index contributed by atoms with van der Waals surface area (Å²) in [5.41, 5.74) is 0.819. The highest BCUT2D eigenvalue weighted by molar-refractivity contribution is 7.10. The van der Waals surface area contributed by atoms with Crippen molar-refractivity contribution < 1.29 is 9.26 Å². The summed E-state index contributed by atoms with van der Waals surface area (Å²) in [6.45, 7) is 8.95. The van der Waals surface area contributed by atoms with E-state index in [-0.39, 0.29) is 6.10 Å². The zero-order valence-corrected chi connectivity index (χ0v) is 16.2. The molecule has 0 radical (unpaired) electrons. The van der Waals surface area contributed by atoms with Gasteiger partial charge < -0.3 is 19.9 Å². The molecule has 1 saturated heterocycles. The molecule has 8 heteroatoms. The lowest BCUT2D eigenvalue weighted by Gasteiger charge is -2.37. The van der Waals surface area contributed by atoms with Gasteiger partial charge in [-0.25, -0.2) is 4.99 Å². The van der Waals surface area contributed by atoms with Crippen LogP contribution in [0.25, 0.3) is 0 Å². The first-order chi connectivity index (χ1) is 12.8. The Kier molecular flexibility index (Phi) is 7.04. The summed E-state index contributed by atoms with van der Waals surface area (Å²) in [6, 6.07) is 6.45. The number of ether oxygens (including phenoxy) is 1. The highest BCUT2D eigenvalue weighted by Gasteiger charge is 2.26. The van der Waals surface area contributed by atoms with Crippen LogP contribution in [0.15, 0.2) is 39.4 Å². The fourth-order valence-electron chi connectivity index (χ4n) is 3.03. The lowest BCUT2D eigenvalue weighted by molar-refractivity contribution is -0.0334. The SMILES string of the molecule is CCNC(=NCc1ccon1)NCC(c1cccs1)N1CCOC(C)C1. The molecule has 7 nitrogen and oxygen atoms in total. The first-order valence-corrected chi connectivity index (χ1v) is 9.94. The molecule has 0 spiro atoms. The first-order valence-electron chi connectivity index (χ1n) is 9.06. The van der Waals surface area contributed by atoms with Gasteiger partial charge in [-0.15, -0.1) is 11.3 Å². The van der Waals surface area contributed by atoms with Crippen molar-refractivity contribution in [1.29, 1.82) is 0 Å². The van der Waals surface area contributed by atoms with Crippen molar-refractivity contribution in [2.45, 2.75) is 32.5 Å².